The molecular formula is C22H17N3O3. The molecule has 0 atom stereocenters. The quantitative estimate of drug-likeness (QED) is 0.555. The molecule has 0 saturated carbocycles. The minimum absolute atomic E-state index is 0.0172. The number of carbonyl (C=O) groups excluding carboxylic acids is 1. The summed E-state index contributed by atoms with van der Waals surface area (Å²) in [5.41, 5.74) is 2.53. The number of nitrogens with one attached hydrogen (secondary N) is 1. The molecule has 1 amide bonds. The SMILES string of the molecule is O=C(Nc1ccc(-c2cnc3n2CCC3)cc1)c1cc2ccccc2oc1=O. The van der Waals surface area contributed by atoms with Gasteiger partial charge in [-0.25, -0.2) is 9.78 Å². The van der Waals surface area contributed by atoms with E-state index < -0.39 is 11.5 Å². The van der Waals surface area contributed by atoms with Crippen LogP contribution < -0.4 is 10.9 Å². The number of aryl methyl sites for hydroxylation is 1. The Morgan fingerprint density at radius 2 is 1.93 bits per heavy atom. The van der Waals surface area contributed by atoms with E-state index >= 15 is 0 Å². The van der Waals surface area contributed by atoms with E-state index in [9.17, 15) is 9.59 Å². The average Bonchev–Trinajstić information content (AvgIpc) is 3.32. The molecule has 0 saturated heterocycles. The molecule has 0 unspecified atom stereocenters. The van der Waals surface area contributed by atoms with E-state index in [-0.39, 0.29) is 5.56 Å². The van der Waals surface area contributed by atoms with Crippen molar-refractivity contribution in [3.8, 4) is 11.3 Å². The van der Waals surface area contributed by atoms with Crippen LogP contribution in [-0.4, -0.2) is 15.5 Å². The largest absolute Gasteiger partial charge is 0.422 e. The summed E-state index contributed by atoms with van der Waals surface area (Å²) in [6.07, 6.45) is 4.03. The van der Waals surface area contributed by atoms with Crippen LogP contribution in [0.1, 0.15) is 22.6 Å². The van der Waals surface area contributed by atoms with Gasteiger partial charge in [0.1, 0.15) is 17.0 Å². The summed E-state index contributed by atoms with van der Waals surface area (Å²) in [5, 5.41) is 3.47. The molecule has 3 heterocycles. The molecule has 6 nitrogen and oxygen atoms in total. The van der Waals surface area contributed by atoms with Crippen LogP contribution in [0.4, 0.5) is 5.69 Å². The summed E-state index contributed by atoms with van der Waals surface area (Å²) >= 11 is 0. The monoisotopic (exact) mass is 371 g/mol. The minimum atomic E-state index is -0.650. The van der Waals surface area contributed by atoms with Crippen molar-refractivity contribution < 1.29 is 9.21 Å². The van der Waals surface area contributed by atoms with Gasteiger partial charge in [-0.3, -0.25) is 4.79 Å². The zero-order valence-electron chi connectivity index (χ0n) is 15.0. The van der Waals surface area contributed by atoms with E-state index in [1.165, 1.54) is 0 Å². The Labute approximate surface area is 160 Å². The number of carbonyl (C=O) groups is 1. The van der Waals surface area contributed by atoms with E-state index in [4.69, 9.17) is 4.42 Å². The molecule has 2 aromatic heterocycles. The zero-order valence-corrected chi connectivity index (χ0v) is 15.0. The summed E-state index contributed by atoms with van der Waals surface area (Å²) in [4.78, 5) is 29.2. The number of benzene rings is 2. The fourth-order valence-electron chi connectivity index (χ4n) is 3.63. The molecule has 28 heavy (non-hydrogen) atoms. The Hall–Kier alpha value is -3.67. The first kappa shape index (κ1) is 16.5. The normalized spacial score (nSPS) is 12.9. The highest BCUT2D eigenvalue weighted by molar-refractivity contribution is 6.05. The lowest BCUT2D eigenvalue weighted by molar-refractivity contribution is 0.102. The summed E-state index contributed by atoms with van der Waals surface area (Å²) in [6, 6.07) is 16.2. The maximum atomic E-state index is 12.6. The first-order valence-corrected chi connectivity index (χ1v) is 9.18. The third-order valence-corrected chi connectivity index (χ3v) is 5.04. The van der Waals surface area contributed by atoms with Crippen molar-refractivity contribution in [2.45, 2.75) is 19.4 Å². The highest BCUT2D eigenvalue weighted by Gasteiger charge is 2.17. The van der Waals surface area contributed by atoms with E-state index in [0.29, 0.717) is 16.7 Å². The van der Waals surface area contributed by atoms with Gasteiger partial charge in [0.15, 0.2) is 0 Å². The second kappa shape index (κ2) is 6.49. The third-order valence-electron chi connectivity index (χ3n) is 5.04. The Bertz CT molecular complexity index is 1250. The zero-order chi connectivity index (χ0) is 19.1. The first-order valence-electron chi connectivity index (χ1n) is 9.18. The van der Waals surface area contributed by atoms with Gasteiger partial charge in [0.25, 0.3) is 5.91 Å². The predicted molar refractivity (Wildman–Crippen MR) is 106 cm³/mol. The number of hydrogen-bond donors (Lipinski definition) is 1. The van der Waals surface area contributed by atoms with Crippen molar-refractivity contribution in [2.24, 2.45) is 0 Å². The molecule has 0 bridgehead atoms. The van der Waals surface area contributed by atoms with Crippen LogP contribution in [0.5, 0.6) is 0 Å². The lowest BCUT2D eigenvalue weighted by atomic mass is 10.1. The third kappa shape index (κ3) is 2.79. The first-order chi connectivity index (χ1) is 13.7. The van der Waals surface area contributed by atoms with Crippen LogP contribution in [0.2, 0.25) is 0 Å². The molecule has 6 heteroatoms. The van der Waals surface area contributed by atoms with Gasteiger partial charge in [-0.15, -0.1) is 0 Å². The van der Waals surface area contributed by atoms with Crippen LogP contribution in [0, 0.1) is 0 Å². The number of hydrogen-bond acceptors (Lipinski definition) is 4. The summed E-state index contributed by atoms with van der Waals surface area (Å²) in [7, 11) is 0. The van der Waals surface area contributed by atoms with E-state index in [0.717, 1.165) is 36.5 Å². The number of nitrogens with zero attached hydrogens (tertiary/aromatic N) is 2. The molecule has 2 aromatic carbocycles. The molecular weight excluding hydrogens is 354 g/mol. The van der Waals surface area contributed by atoms with Crippen LogP contribution in [0.15, 0.2) is 70.0 Å². The van der Waals surface area contributed by atoms with Crippen LogP contribution >= 0.6 is 0 Å². The molecule has 5 rings (SSSR count). The van der Waals surface area contributed by atoms with E-state index in [2.05, 4.69) is 14.9 Å². The summed E-state index contributed by atoms with van der Waals surface area (Å²) in [6.45, 7) is 0.987. The van der Waals surface area contributed by atoms with Gasteiger partial charge in [-0.05, 0) is 36.2 Å². The van der Waals surface area contributed by atoms with Gasteiger partial charge in [0, 0.05) is 24.0 Å². The number of aromatic nitrogens is 2. The number of imidazole rings is 1. The standard InChI is InChI=1S/C22H17N3O3/c26-21(17-12-15-4-1-2-5-19(15)28-22(17)27)24-16-9-7-14(8-10-16)18-13-23-20-6-3-11-25(18)20/h1-2,4-5,7-10,12-13H,3,6,11H2,(H,24,26). The topological polar surface area (TPSA) is 77.1 Å². The van der Waals surface area contributed by atoms with Gasteiger partial charge >= 0.3 is 5.63 Å². The highest BCUT2D eigenvalue weighted by atomic mass is 16.4. The molecule has 0 spiro atoms. The summed E-state index contributed by atoms with van der Waals surface area (Å²) in [5.74, 6) is 0.632. The van der Waals surface area contributed by atoms with Crippen molar-refractivity contribution in [2.75, 3.05) is 5.32 Å². The van der Waals surface area contributed by atoms with Crippen LogP contribution in [-0.2, 0) is 13.0 Å². The molecule has 0 aliphatic carbocycles. The summed E-state index contributed by atoms with van der Waals surface area (Å²) < 4.78 is 7.47. The fourth-order valence-corrected chi connectivity index (χ4v) is 3.63. The minimum Gasteiger partial charge on any atom is -0.422 e. The molecule has 1 aliphatic heterocycles. The van der Waals surface area contributed by atoms with Gasteiger partial charge in [-0.2, -0.15) is 0 Å². The van der Waals surface area contributed by atoms with E-state index in [1.54, 1.807) is 24.3 Å². The molecule has 1 N–H and O–H groups in total. The molecule has 138 valence electrons. The molecule has 4 aromatic rings. The second-order valence-corrected chi connectivity index (χ2v) is 6.83. The lowest BCUT2D eigenvalue weighted by Gasteiger charge is -2.08. The van der Waals surface area contributed by atoms with Crippen molar-refractivity contribution >= 4 is 22.6 Å². The molecule has 1 aliphatic rings. The van der Waals surface area contributed by atoms with Gasteiger partial charge in [-0.1, -0.05) is 30.3 Å². The number of para-hydroxylation sites is 1. The van der Waals surface area contributed by atoms with Gasteiger partial charge in [0.05, 0.1) is 11.9 Å². The Morgan fingerprint density at radius 3 is 2.79 bits per heavy atom. The van der Waals surface area contributed by atoms with Gasteiger partial charge < -0.3 is 14.3 Å². The maximum absolute atomic E-state index is 12.6. The molecule has 0 radical (unpaired) electrons. The van der Waals surface area contributed by atoms with Crippen molar-refractivity contribution in [3.05, 3.63) is 82.6 Å². The van der Waals surface area contributed by atoms with Crippen LogP contribution in [0.3, 0.4) is 0 Å². The van der Waals surface area contributed by atoms with Crippen molar-refractivity contribution in [3.63, 3.8) is 0 Å². The lowest BCUT2D eigenvalue weighted by Crippen LogP contribution is -2.20. The van der Waals surface area contributed by atoms with E-state index in [1.807, 2.05) is 36.5 Å². The Morgan fingerprint density at radius 1 is 1.11 bits per heavy atom. The fraction of sp³-hybridized carbons (Fsp3) is 0.136. The number of fused-ring (bicyclic) bond motifs is 2. The number of anilines is 1. The van der Waals surface area contributed by atoms with Crippen molar-refractivity contribution in [1.29, 1.82) is 0 Å². The average molecular weight is 371 g/mol. The molecule has 0 fully saturated rings. The van der Waals surface area contributed by atoms with Crippen LogP contribution in [0.25, 0.3) is 22.2 Å². The smallest absolute Gasteiger partial charge is 0.349 e. The number of rotatable bonds is 3. The maximum Gasteiger partial charge on any atom is 0.349 e. The van der Waals surface area contributed by atoms with Gasteiger partial charge in [0.2, 0.25) is 0 Å². The second-order valence-electron chi connectivity index (χ2n) is 6.83. The predicted octanol–water partition coefficient (Wildman–Crippen LogP) is 3.86. The number of amides is 1. The Kier molecular flexibility index (Phi) is 3.83. The Balaban J connectivity index is 1.40. The highest BCUT2D eigenvalue weighted by Crippen LogP contribution is 2.26. The van der Waals surface area contributed by atoms with Crippen molar-refractivity contribution in [1.82, 2.24) is 9.55 Å².